The second kappa shape index (κ2) is 5.44. The van der Waals surface area contributed by atoms with Gasteiger partial charge in [0.05, 0.1) is 12.8 Å². The third-order valence-corrected chi connectivity index (χ3v) is 3.26. The zero-order valence-electron chi connectivity index (χ0n) is 10.6. The van der Waals surface area contributed by atoms with E-state index >= 15 is 0 Å². The number of ether oxygens (including phenoxy) is 2. The minimum Gasteiger partial charge on any atom is -0.497 e. The summed E-state index contributed by atoms with van der Waals surface area (Å²) in [6.07, 6.45) is 0. The Morgan fingerprint density at radius 2 is 1.83 bits per heavy atom. The van der Waals surface area contributed by atoms with E-state index in [-0.39, 0.29) is 0 Å². The minimum absolute atomic E-state index is 0.720. The van der Waals surface area contributed by atoms with Gasteiger partial charge < -0.3 is 9.47 Å². The first-order valence-electron chi connectivity index (χ1n) is 5.56. The summed E-state index contributed by atoms with van der Waals surface area (Å²) in [4.78, 5) is 0. The number of alkyl halides is 1. The van der Waals surface area contributed by atoms with E-state index in [1.807, 2.05) is 38.2 Å². The Morgan fingerprint density at radius 1 is 1.22 bits per heavy atom. The molecule has 0 aliphatic rings. The maximum Gasteiger partial charge on any atom is 0.221 e. The van der Waals surface area contributed by atoms with Crippen LogP contribution < -0.4 is 9.47 Å². The highest BCUT2D eigenvalue weighted by Gasteiger charge is 2.14. The summed E-state index contributed by atoms with van der Waals surface area (Å²) >= 11 is 3.46. The van der Waals surface area contributed by atoms with E-state index in [1.165, 1.54) is 0 Å². The van der Waals surface area contributed by atoms with Gasteiger partial charge in [0.1, 0.15) is 11.5 Å². The zero-order chi connectivity index (χ0) is 13.1. The molecule has 0 atom stereocenters. The Bertz CT molecular complexity index is 535. The van der Waals surface area contributed by atoms with Gasteiger partial charge in [-0.05, 0) is 31.2 Å². The van der Waals surface area contributed by atoms with Crippen molar-refractivity contribution in [1.82, 2.24) is 9.78 Å². The number of rotatable bonds is 4. The molecule has 1 aromatic carbocycles. The predicted molar refractivity (Wildman–Crippen MR) is 73.6 cm³/mol. The van der Waals surface area contributed by atoms with E-state index < -0.39 is 0 Å². The van der Waals surface area contributed by atoms with Crippen LogP contribution in [0.1, 0.15) is 11.3 Å². The molecule has 1 heterocycles. The van der Waals surface area contributed by atoms with E-state index in [0.29, 0.717) is 0 Å². The average molecular weight is 311 g/mol. The van der Waals surface area contributed by atoms with Gasteiger partial charge in [0.25, 0.3) is 0 Å². The minimum atomic E-state index is 0.720. The molecule has 5 heteroatoms. The lowest BCUT2D eigenvalue weighted by atomic mass is 10.3. The molecule has 0 aliphatic heterocycles. The van der Waals surface area contributed by atoms with Gasteiger partial charge in [-0.2, -0.15) is 5.10 Å². The van der Waals surface area contributed by atoms with E-state index in [2.05, 4.69) is 21.0 Å². The quantitative estimate of drug-likeness (QED) is 0.812. The molecule has 4 nitrogen and oxygen atoms in total. The second-order valence-corrected chi connectivity index (χ2v) is 4.46. The van der Waals surface area contributed by atoms with Gasteiger partial charge in [0.15, 0.2) is 0 Å². The number of aromatic nitrogens is 2. The Hall–Kier alpha value is -1.49. The fraction of sp³-hybridized carbons (Fsp3) is 0.308. The van der Waals surface area contributed by atoms with Crippen LogP contribution in [0.25, 0.3) is 0 Å². The van der Waals surface area contributed by atoms with E-state index in [0.717, 1.165) is 34.0 Å². The number of halogens is 1. The van der Waals surface area contributed by atoms with Crippen LogP contribution in [0.3, 0.4) is 0 Å². The molecule has 1 aromatic heterocycles. The van der Waals surface area contributed by atoms with Gasteiger partial charge in [-0.15, -0.1) is 0 Å². The molecule has 0 amide bonds. The maximum absolute atomic E-state index is 5.87. The molecule has 0 saturated heterocycles. The lowest BCUT2D eigenvalue weighted by molar-refractivity contribution is 0.408. The number of methoxy groups -OCH3 is 1. The highest BCUT2D eigenvalue weighted by molar-refractivity contribution is 9.08. The van der Waals surface area contributed by atoms with Crippen LogP contribution in [0.15, 0.2) is 24.3 Å². The molecule has 0 radical (unpaired) electrons. The first-order valence-corrected chi connectivity index (χ1v) is 6.68. The predicted octanol–water partition coefficient (Wildman–Crippen LogP) is 3.42. The molecule has 96 valence electrons. The van der Waals surface area contributed by atoms with Crippen molar-refractivity contribution in [2.45, 2.75) is 12.3 Å². The molecule has 0 fully saturated rings. The van der Waals surface area contributed by atoms with Crippen molar-refractivity contribution in [3.63, 3.8) is 0 Å². The summed E-state index contributed by atoms with van der Waals surface area (Å²) < 4.78 is 12.7. The molecule has 0 bridgehead atoms. The van der Waals surface area contributed by atoms with Gasteiger partial charge in [0.2, 0.25) is 5.88 Å². The van der Waals surface area contributed by atoms with E-state index in [1.54, 1.807) is 11.8 Å². The monoisotopic (exact) mass is 310 g/mol. The summed E-state index contributed by atoms with van der Waals surface area (Å²) in [5, 5.41) is 5.07. The van der Waals surface area contributed by atoms with Crippen molar-refractivity contribution in [1.29, 1.82) is 0 Å². The molecule has 0 saturated carbocycles. The molecule has 0 N–H and O–H groups in total. The molecule has 0 aliphatic carbocycles. The highest BCUT2D eigenvalue weighted by atomic mass is 79.9. The van der Waals surface area contributed by atoms with Gasteiger partial charge in [0, 0.05) is 17.9 Å². The number of benzene rings is 1. The van der Waals surface area contributed by atoms with Crippen molar-refractivity contribution in [3.05, 3.63) is 35.5 Å². The molecule has 18 heavy (non-hydrogen) atoms. The first-order chi connectivity index (χ1) is 8.65. The molecule has 0 spiro atoms. The van der Waals surface area contributed by atoms with Crippen LogP contribution in [0, 0.1) is 6.92 Å². The zero-order valence-corrected chi connectivity index (χ0v) is 12.2. The molecular formula is C13H15BrN2O2. The Kier molecular flexibility index (Phi) is 3.91. The molecule has 2 aromatic rings. The number of hydrogen-bond donors (Lipinski definition) is 0. The largest absolute Gasteiger partial charge is 0.497 e. The molecule has 0 unspecified atom stereocenters. The molecular weight excluding hydrogens is 296 g/mol. The van der Waals surface area contributed by atoms with Crippen molar-refractivity contribution in [3.8, 4) is 17.4 Å². The van der Waals surface area contributed by atoms with E-state index in [9.17, 15) is 0 Å². The average Bonchev–Trinajstić information content (AvgIpc) is 2.64. The van der Waals surface area contributed by atoms with Crippen LogP contribution >= 0.6 is 15.9 Å². The van der Waals surface area contributed by atoms with Crippen LogP contribution in [-0.4, -0.2) is 16.9 Å². The normalized spacial score (nSPS) is 10.4. The first kappa shape index (κ1) is 13.0. The van der Waals surface area contributed by atoms with Gasteiger partial charge in [-0.3, -0.25) is 0 Å². The number of nitrogens with zero attached hydrogens (tertiary/aromatic N) is 2. The Balaban J connectivity index is 2.27. The summed E-state index contributed by atoms with van der Waals surface area (Å²) in [7, 11) is 3.52. The summed E-state index contributed by atoms with van der Waals surface area (Å²) in [5.74, 6) is 2.33. The SMILES string of the molecule is COc1ccc(Oc2c(CBr)c(C)nn2C)cc1. The standard InChI is InChI=1S/C13H15BrN2O2/c1-9-12(8-14)13(16(2)15-9)18-11-6-4-10(17-3)5-7-11/h4-7H,8H2,1-3H3. The fourth-order valence-corrected chi connectivity index (χ4v) is 2.36. The second-order valence-electron chi connectivity index (χ2n) is 3.90. The van der Waals surface area contributed by atoms with Crippen molar-refractivity contribution in [2.75, 3.05) is 7.11 Å². The summed E-state index contributed by atoms with van der Waals surface area (Å²) in [5.41, 5.74) is 2.03. The van der Waals surface area contributed by atoms with Gasteiger partial charge >= 0.3 is 0 Å². The van der Waals surface area contributed by atoms with E-state index in [4.69, 9.17) is 9.47 Å². The van der Waals surface area contributed by atoms with Crippen molar-refractivity contribution >= 4 is 15.9 Å². The highest BCUT2D eigenvalue weighted by Crippen LogP contribution is 2.29. The van der Waals surface area contributed by atoms with Crippen LogP contribution in [0.2, 0.25) is 0 Å². The summed E-state index contributed by atoms with van der Waals surface area (Å²) in [6, 6.07) is 7.48. The maximum atomic E-state index is 5.87. The smallest absolute Gasteiger partial charge is 0.221 e. The van der Waals surface area contributed by atoms with Crippen molar-refractivity contribution in [2.24, 2.45) is 7.05 Å². The van der Waals surface area contributed by atoms with Crippen LogP contribution in [0.4, 0.5) is 0 Å². The number of hydrogen-bond acceptors (Lipinski definition) is 3. The third kappa shape index (κ3) is 2.51. The number of aryl methyl sites for hydroxylation is 2. The summed E-state index contributed by atoms with van der Waals surface area (Å²) in [6.45, 7) is 1.97. The third-order valence-electron chi connectivity index (χ3n) is 2.70. The topological polar surface area (TPSA) is 36.3 Å². The van der Waals surface area contributed by atoms with Gasteiger partial charge in [-0.25, -0.2) is 4.68 Å². The van der Waals surface area contributed by atoms with Gasteiger partial charge in [-0.1, -0.05) is 15.9 Å². The lowest BCUT2D eigenvalue weighted by Gasteiger charge is -2.08. The Morgan fingerprint density at radius 3 is 2.39 bits per heavy atom. The van der Waals surface area contributed by atoms with Crippen LogP contribution in [-0.2, 0) is 12.4 Å². The van der Waals surface area contributed by atoms with Crippen molar-refractivity contribution < 1.29 is 9.47 Å². The lowest BCUT2D eigenvalue weighted by Crippen LogP contribution is -1.96. The fourth-order valence-electron chi connectivity index (χ4n) is 1.72. The Labute approximate surface area is 115 Å². The molecule has 2 rings (SSSR count). The van der Waals surface area contributed by atoms with Crippen LogP contribution in [0.5, 0.6) is 17.4 Å².